The molecule has 2 unspecified atom stereocenters. The Balaban J connectivity index is 1.35. The van der Waals surface area contributed by atoms with Crippen LogP contribution in [0.15, 0.2) is 54.1 Å². The monoisotopic (exact) mass is 491 g/mol. The summed E-state index contributed by atoms with van der Waals surface area (Å²) in [6, 6.07) is 10.5. The third-order valence-corrected chi connectivity index (χ3v) is 7.25. The maximum absolute atomic E-state index is 13.7. The molecule has 3 N–H and O–H groups in total. The van der Waals surface area contributed by atoms with E-state index in [1.807, 2.05) is 37.3 Å². The van der Waals surface area contributed by atoms with E-state index in [1.165, 1.54) is 0 Å². The Hall–Kier alpha value is -3.72. The van der Waals surface area contributed by atoms with Crippen LogP contribution in [0.3, 0.4) is 0 Å². The van der Waals surface area contributed by atoms with Crippen LogP contribution in [0.2, 0.25) is 0 Å². The molecule has 2 aromatic rings. The van der Waals surface area contributed by atoms with Crippen LogP contribution in [-0.2, 0) is 19.1 Å². The second-order valence-corrected chi connectivity index (χ2v) is 9.77. The SMILES string of the molecule is C/C1=C/C[C@H]2CC[C@@H](C(=O)NC3CC(=O)OC3O)N2C(=O)[C@@H](NC(=O)c2ccc3ccccc3c2)C1. The summed E-state index contributed by atoms with van der Waals surface area (Å²) in [5, 5.41) is 17.4. The minimum atomic E-state index is -1.40. The average Bonchev–Trinajstić information content (AvgIpc) is 3.42. The molecule has 5 rings (SSSR count). The molecule has 188 valence electrons. The minimum absolute atomic E-state index is 0.122. The second kappa shape index (κ2) is 9.73. The fourth-order valence-electron chi connectivity index (χ4n) is 5.35. The van der Waals surface area contributed by atoms with Gasteiger partial charge < -0.3 is 25.4 Å². The van der Waals surface area contributed by atoms with E-state index in [-0.39, 0.29) is 24.3 Å². The zero-order valence-electron chi connectivity index (χ0n) is 20.0. The van der Waals surface area contributed by atoms with E-state index >= 15 is 0 Å². The molecule has 3 aliphatic heterocycles. The zero-order valence-corrected chi connectivity index (χ0v) is 20.0. The van der Waals surface area contributed by atoms with Crippen molar-refractivity contribution in [3.05, 3.63) is 59.7 Å². The molecule has 2 fully saturated rings. The third kappa shape index (κ3) is 4.70. The quantitative estimate of drug-likeness (QED) is 0.442. The largest absolute Gasteiger partial charge is 0.434 e. The van der Waals surface area contributed by atoms with Gasteiger partial charge in [0.2, 0.25) is 18.1 Å². The molecule has 2 saturated heterocycles. The molecule has 0 aliphatic carbocycles. The number of ether oxygens (including phenoxy) is 1. The molecule has 3 heterocycles. The number of amides is 3. The van der Waals surface area contributed by atoms with Gasteiger partial charge in [-0.1, -0.05) is 42.0 Å². The lowest BCUT2D eigenvalue weighted by atomic mass is 9.98. The van der Waals surface area contributed by atoms with Crippen LogP contribution in [0.5, 0.6) is 0 Å². The molecule has 0 spiro atoms. The van der Waals surface area contributed by atoms with Gasteiger partial charge in [0.05, 0.1) is 6.42 Å². The number of aliphatic hydroxyl groups is 1. The third-order valence-electron chi connectivity index (χ3n) is 7.25. The molecule has 0 radical (unpaired) electrons. The number of benzene rings is 2. The predicted octanol–water partition coefficient (Wildman–Crippen LogP) is 1.79. The van der Waals surface area contributed by atoms with Crippen LogP contribution in [-0.4, -0.2) is 64.2 Å². The van der Waals surface area contributed by atoms with E-state index in [0.29, 0.717) is 31.2 Å². The minimum Gasteiger partial charge on any atom is -0.434 e. The van der Waals surface area contributed by atoms with Crippen LogP contribution in [0.1, 0.15) is 49.4 Å². The van der Waals surface area contributed by atoms with Crippen molar-refractivity contribution in [1.82, 2.24) is 15.5 Å². The Morgan fingerprint density at radius 3 is 2.56 bits per heavy atom. The van der Waals surface area contributed by atoms with Gasteiger partial charge in [-0.15, -0.1) is 0 Å². The maximum atomic E-state index is 13.7. The Morgan fingerprint density at radius 1 is 1.03 bits per heavy atom. The highest BCUT2D eigenvalue weighted by atomic mass is 16.6. The van der Waals surface area contributed by atoms with Crippen LogP contribution < -0.4 is 10.6 Å². The summed E-state index contributed by atoms with van der Waals surface area (Å²) in [6.45, 7) is 1.94. The van der Waals surface area contributed by atoms with Gasteiger partial charge in [0.15, 0.2) is 0 Å². The van der Waals surface area contributed by atoms with Crippen molar-refractivity contribution in [1.29, 1.82) is 0 Å². The zero-order chi connectivity index (χ0) is 25.4. The highest BCUT2D eigenvalue weighted by Gasteiger charge is 2.45. The Kier molecular flexibility index (Phi) is 6.49. The first-order chi connectivity index (χ1) is 17.3. The van der Waals surface area contributed by atoms with E-state index in [0.717, 1.165) is 16.3 Å². The van der Waals surface area contributed by atoms with Gasteiger partial charge in [-0.05, 0) is 55.5 Å². The lowest BCUT2D eigenvalue weighted by Crippen LogP contribution is -2.57. The highest BCUT2D eigenvalue weighted by molar-refractivity contribution is 6.01. The molecular weight excluding hydrogens is 462 g/mol. The first kappa shape index (κ1) is 24.0. The van der Waals surface area contributed by atoms with E-state index in [9.17, 15) is 24.3 Å². The summed E-state index contributed by atoms with van der Waals surface area (Å²) < 4.78 is 4.71. The molecule has 0 aromatic heterocycles. The number of hydrogen-bond acceptors (Lipinski definition) is 6. The van der Waals surface area contributed by atoms with E-state index in [2.05, 4.69) is 16.7 Å². The number of aliphatic hydroxyl groups excluding tert-OH is 1. The first-order valence-electron chi connectivity index (χ1n) is 12.3. The molecule has 3 aliphatic rings. The van der Waals surface area contributed by atoms with Crippen LogP contribution in [0.25, 0.3) is 10.8 Å². The fraction of sp³-hybridized carbons (Fsp3) is 0.407. The summed E-state index contributed by atoms with van der Waals surface area (Å²) in [5.41, 5.74) is 1.46. The molecule has 36 heavy (non-hydrogen) atoms. The number of carbonyl (C=O) groups is 4. The van der Waals surface area contributed by atoms with Crippen molar-refractivity contribution in [2.24, 2.45) is 0 Å². The van der Waals surface area contributed by atoms with Gasteiger partial charge in [0.1, 0.15) is 18.1 Å². The Bertz CT molecular complexity index is 1260. The van der Waals surface area contributed by atoms with Crippen LogP contribution in [0.4, 0.5) is 0 Å². The number of nitrogens with one attached hydrogen (secondary N) is 2. The average molecular weight is 492 g/mol. The maximum Gasteiger partial charge on any atom is 0.310 e. The second-order valence-electron chi connectivity index (χ2n) is 9.77. The number of hydrogen-bond donors (Lipinski definition) is 3. The van der Waals surface area contributed by atoms with Crippen molar-refractivity contribution in [2.75, 3.05) is 0 Å². The molecular formula is C27H29N3O6. The number of nitrogens with zero attached hydrogens (tertiary/aromatic N) is 1. The van der Waals surface area contributed by atoms with Crippen molar-refractivity contribution in [3.63, 3.8) is 0 Å². The smallest absolute Gasteiger partial charge is 0.310 e. The first-order valence-corrected chi connectivity index (χ1v) is 12.3. The molecule has 9 heteroatoms. The van der Waals surface area contributed by atoms with Gasteiger partial charge >= 0.3 is 5.97 Å². The van der Waals surface area contributed by atoms with Crippen LogP contribution >= 0.6 is 0 Å². The van der Waals surface area contributed by atoms with E-state index in [1.54, 1.807) is 17.0 Å². The van der Waals surface area contributed by atoms with E-state index < -0.39 is 36.3 Å². The molecule has 2 aromatic carbocycles. The predicted molar refractivity (Wildman–Crippen MR) is 130 cm³/mol. The number of rotatable bonds is 4. The standard InChI is InChI=1S/C27H29N3O6/c1-15-6-9-19-10-11-22(25(33)29-21-14-23(31)36-27(21)35)30(19)26(34)20(12-15)28-24(32)18-8-7-16-4-2-3-5-17(16)13-18/h2-8,13,19-22,27,35H,9-12,14H2,1H3,(H,28,32)(H,29,33)/b15-6-/t19-,20-,21?,22-,27?/m0/s1. The number of fused-ring (bicyclic) bond motifs is 2. The number of esters is 1. The van der Waals surface area contributed by atoms with Gasteiger partial charge in [0.25, 0.3) is 5.91 Å². The van der Waals surface area contributed by atoms with Crippen molar-refractivity contribution in [3.8, 4) is 0 Å². The van der Waals surface area contributed by atoms with Gasteiger partial charge in [-0.2, -0.15) is 0 Å². The number of cyclic esters (lactones) is 1. The normalized spacial score (nSPS) is 29.6. The molecule has 0 saturated carbocycles. The molecule has 9 nitrogen and oxygen atoms in total. The topological polar surface area (TPSA) is 125 Å². The van der Waals surface area contributed by atoms with Gasteiger partial charge in [0, 0.05) is 11.6 Å². The molecule has 3 amide bonds. The van der Waals surface area contributed by atoms with Crippen LogP contribution in [0, 0.1) is 0 Å². The highest BCUT2D eigenvalue weighted by Crippen LogP contribution is 2.31. The fourth-order valence-corrected chi connectivity index (χ4v) is 5.35. The van der Waals surface area contributed by atoms with E-state index in [4.69, 9.17) is 4.74 Å². The summed E-state index contributed by atoms with van der Waals surface area (Å²) in [5.74, 6) is -1.68. The Labute approximate surface area is 208 Å². The number of carbonyl (C=O) groups excluding carboxylic acids is 4. The van der Waals surface area contributed by atoms with Crippen molar-refractivity contribution >= 4 is 34.5 Å². The van der Waals surface area contributed by atoms with Crippen molar-refractivity contribution < 1.29 is 29.0 Å². The molecule has 5 atom stereocenters. The van der Waals surface area contributed by atoms with Crippen molar-refractivity contribution in [2.45, 2.75) is 69.5 Å². The summed E-state index contributed by atoms with van der Waals surface area (Å²) >= 11 is 0. The van der Waals surface area contributed by atoms with Gasteiger partial charge in [-0.3, -0.25) is 19.2 Å². The lowest BCUT2D eigenvalue weighted by Gasteiger charge is -2.35. The lowest BCUT2D eigenvalue weighted by molar-refractivity contribution is -0.155. The van der Waals surface area contributed by atoms with Gasteiger partial charge in [-0.25, -0.2) is 0 Å². The Morgan fingerprint density at radius 2 is 1.81 bits per heavy atom. The summed E-state index contributed by atoms with van der Waals surface area (Å²) in [4.78, 5) is 53.0. The summed E-state index contributed by atoms with van der Waals surface area (Å²) in [7, 11) is 0. The molecule has 0 bridgehead atoms. The summed E-state index contributed by atoms with van der Waals surface area (Å²) in [6.07, 6.45) is 2.61.